The molecule has 0 atom stereocenters. The summed E-state index contributed by atoms with van der Waals surface area (Å²) in [6.45, 7) is -0.667. The summed E-state index contributed by atoms with van der Waals surface area (Å²) in [6.07, 6.45) is 0.346. The molecule has 0 unspecified atom stereocenters. The van der Waals surface area contributed by atoms with Crippen LogP contribution in [-0.4, -0.2) is 23.4 Å². The molecule has 1 heterocycles. The van der Waals surface area contributed by atoms with E-state index in [0.717, 1.165) is 4.88 Å². The zero-order chi connectivity index (χ0) is 13.9. The number of aliphatic hydroxyl groups excluding tert-OH is 2. The Bertz CT molecular complexity index is 552. The van der Waals surface area contributed by atoms with Gasteiger partial charge in [0.2, 0.25) is 0 Å². The molecule has 2 rings (SSSR count). The number of aliphatic hydroxyl groups is 2. The van der Waals surface area contributed by atoms with Crippen LogP contribution in [0.4, 0.5) is 4.39 Å². The van der Waals surface area contributed by atoms with Crippen molar-refractivity contribution >= 4 is 22.9 Å². The van der Waals surface area contributed by atoms with E-state index in [4.69, 9.17) is 11.6 Å². The molecule has 2 nitrogen and oxygen atoms in total. The normalized spacial score (nSPS) is 11.8. The van der Waals surface area contributed by atoms with Crippen molar-refractivity contribution in [2.45, 2.75) is 11.8 Å². The van der Waals surface area contributed by atoms with Crippen molar-refractivity contribution in [3.63, 3.8) is 0 Å². The largest absolute Gasteiger partial charge is 0.395 e. The maximum absolute atomic E-state index is 13.9. The van der Waals surface area contributed by atoms with Crippen molar-refractivity contribution in [1.29, 1.82) is 0 Å². The first-order chi connectivity index (χ1) is 9.11. The van der Waals surface area contributed by atoms with Gasteiger partial charge in [0.25, 0.3) is 0 Å². The van der Waals surface area contributed by atoms with Crippen molar-refractivity contribution in [1.82, 2.24) is 0 Å². The van der Waals surface area contributed by atoms with Crippen LogP contribution in [0.5, 0.6) is 0 Å². The van der Waals surface area contributed by atoms with Gasteiger partial charge in [0.1, 0.15) is 5.82 Å². The summed E-state index contributed by atoms with van der Waals surface area (Å²) in [5, 5.41) is 19.3. The Kier molecular flexibility index (Phi) is 4.58. The molecule has 1 aromatic carbocycles. The average Bonchev–Trinajstić information content (AvgIpc) is 2.82. The van der Waals surface area contributed by atoms with Gasteiger partial charge in [0.05, 0.1) is 17.6 Å². The number of benzene rings is 1. The van der Waals surface area contributed by atoms with E-state index in [0.29, 0.717) is 16.3 Å². The Morgan fingerprint density at radius 2 is 1.79 bits per heavy atom. The van der Waals surface area contributed by atoms with Gasteiger partial charge in [-0.2, -0.15) is 0 Å². The van der Waals surface area contributed by atoms with Crippen molar-refractivity contribution in [3.8, 4) is 0 Å². The second-order valence-electron chi connectivity index (χ2n) is 4.46. The predicted octanol–water partition coefficient (Wildman–Crippen LogP) is 3.01. The van der Waals surface area contributed by atoms with E-state index in [2.05, 4.69) is 0 Å². The molecule has 2 N–H and O–H groups in total. The molecular formula is C14H14ClFO2S. The molecule has 19 heavy (non-hydrogen) atoms. The van der Waals surface area contributed by atoms with Gasteiger partial charge in [-0.05, 0) is 30.2 Å². The quantitative estimate of drug-likeness (QED) is 0.891. The number of hydrogen-bond donors (Lipinski definition) is 2. The molecular weight excluding hydrogens is 287 g/mol. The van der Waals surface area contributed by atoms with E-state index in [1.807, 2.05) is 6.07 Å². The Labute approximate surface area is 120 Å². The molecule has 5 heteroatoms. The predicted molar refractivity (Wildman–Crippen MR) is 75.3 cm³/mol. The van der Waals surface area contributed by atoms with E-state index < -0.39 is 11.2 Å². The third-order valence-corrected chi connectivity index (χ3v) is 4.42. The van der Waals surface area contributed by atoms with Gasteiger partial charge in [-0.15, -0.1) is 11.3 Å². The van der Waals surface area contributed by atoms with Crippen molar-refractivity contribution < 1.29 is 14.6 Å². The minimum Gasteiger partial charge on any atom is -0.395 e. The molecule has 0 aliphatic rings. The molecule has 0 radical (unpaired) electrons. The Balaban J connectivity index is 2.40. The van der Waals surface area contributed by atoms with Crippen LogP contribution in [0.2, 0.25) is 4.34 Å². The number of halogens is 2. The fraction of sp³-hybridized carbons (Fsp3) is 0.286. The van der Waals surface area contributed by atoms with E-state index in [1.54, 1.807) is 24.3 Å². The fourth-order valence-corrected chi connectivity index (χ4v) is 3.33. The SMILES string of the molecule is OCC(CO)(Cc1ccc(Cl)s1)c1ccccc1F. The molecule has 0 amide bonds. The monoisotopic (exact) mass is 300 g/mol. The smallest absolute Gasteiger partial charge is 0.127 e. The standard InChI is InChI=1S/C14H14ClFO2S/c15-13-6-5-10(19-13)7-14(8-17,9-18)11-3-1-2-4-12(11)16/h1-6,17-18H,7-9H2. The van der Waals surface area contributed by atoms with Gasteiger partial charge >= 0.3 is 0 Å². The lowest BCUT2D eigenvalue weighted by atomic mass is 9.78. The van der Waals surface area contributed by atoms with Crippen LogP contribution in [0.1, 0.15) is 10.4 Å². The van der Waals surface area contributed by atoms with Crippen LogP contribution in [0.25, 0.3) is 0 Å². The van der Waals surface area contributed by atoms with Crippen LogP contribution in [0, 0.1) is 5.82 Å². The maximum atomic E-state index is 13.9. The van der Waals surface area contributed by atoms with Gasteiger partial charge in [-0.25, -0.2) is 4.39 Å². The third kappa shape index (κ3) is 2.98. The molecule has 0 bridgehead atoms. The van der Waals surface area contributed by atoms with Crippen molar-refractivity contribution in [3.05, 3.63) is 57.0 Å². The number of thiophene rings is 1. The van der Waals surface area contributed by atoms with Gasteiger partial charge in [0.15, 0.2) is 0 Å². The number of hydrogen-bond acceptors (Lipinski definition) is 3. The molecule has 0 fully saturated rings. The van der Waals surface area contributed by atoms with Crippen LogP contribution >= 0.6 is 22.9 Å². The van der Waals surface area contributed by atoms with Crippen LogP contribution < -0.4 is 0 Å². The summed E-state index contributed by atoms with van der Waals surface area (Å²) in [6, 6.07) is 9.78. The highest BCUT2D eigenvalue weighted by Crippen LogP contribution is 2.33. The molecule has 0 aliphatic heterocycles. The van der Waals surface area contributed by atoms with Gasteiger partial charge < -0.3 is 10.2 Å². The van der Waals surface area contributed by atoms with Crippen LogP contribution in [0.3, 0.4) is 0 Å². The Morgan fingerprint density at radius 1 is 1.11 bits per heavy atom. The summed E-state index contributed by atoms with van der Waals surface area (Å²) in [7, 11) is 0. The lowest BCUT2D eigenvalue weighted by molar-refractivity contribution is 0.114. The molecule has 102 valence electrons. The lowest BCUT2D eigenvalue weighted by Gasteiger charge is -2.30. The number of rotatable bonds is 5. The highest BCUT2D eigenvalue weighted by molar-refractivity contribution is 7.16. The average molecular weight is 301 g/mol. The zero-order valence-electron chi connectivity index (χ0n) is 10.1. The Morgan fingerprint density at radius 3 is 2.32 bits per heavy atom. The highest BCUT2D eigenvalue weighted by Gasteiger charge is 2.34. The minimum atomic E-state index is -1.03. The summed E-state index contributed by atoms with van der Waals surface area (Å²) in [4.78, 5) is 0.899. The molecule has 0 spiro atoms. The van der Waals surface area contributed by atoms with Gasteiger partial charge in [-0.3, -0.25) is 0 Å². The topological polar surface area (TPSA) is 40.5 Å². The van der Waals surface area contributed by atoms with Crippen molar-refractivity contribution in [2.75, 3.05) is 13.2 Å². The van der Waals surface area contributed by atoms with E-state index >= 15 is 0 Å². The summed E-state index contributed by atoms with van der Waals surface area (Å²) < 4.78 is 14.6. The van der Waals surface area contributed by atoms with E-state index in [-0.39, 0.29) is 13.2 Å². The molecule has 2 aromatic rings. The Hall–Kier alpha value is -0.940. The van der Waals surface area contributed by atoms with Gasteiger partial charge in [-0.1, -0.05) is 29.8 Å². The first-order valence-electron chi connectivity index (χ1n) is 5.82. The molecule has 0 saturated carbocycles. The minimum absolute atomic E-state index is 0.324. The first-order valence-corrected chi connectivity index (χ1v) is 7.02. The fourth-order valence-electron chi connectivity index (χ4n) is 2.10. The maximum Gasteiger partial charge on any atom is 0.127 e. The lowest BCUT2D eigenvalue weighted by Crippen LogP contribution is -2.38. The summed E-state index contributed by atoms with van der Waals surface area (Å²) in [5.74, 6) is -0.423. The summed E-state index contributed by atoms with van der Waals surface area (Å²) in [5.41, 5.74) is -0.705. The van der Waals surface area contributed by atoms with E-state index in [1.165, 1.54) is 17.4 Å². The zero-order valence-corrected chi connectivity index (χ0v) is 11.7. The first kappa shape index (κ1) is 14.5. The third-order valence-electron chi connectivity index (χ3n) is 3.19. The molecule has 1 aromatic heterocycles. The second-order valence-corrected chi connectivity index (χ2v) is 6.26. The van der Waals surface area contributed by atoms with Crippen LogP contribution in [0.15, 0.2) is 36.4 Å². The summed E-state index contributed by atoms with van der Waals surface area (Å²) >= 11 is 7.24. The second kappa shape index (κ2) is 6.01. The van der Waals surface area contributed by atoms with Crippen molar-refractivity contribution in [2.24, 2.45) is 0 Å². The van der Waals surface area contributed by atoms with E-state index in [9.17, 15) is 14.6 Å². The molecule has 0 saturated heterocycles. The highest BCUT2D eigenvalue weighted by atomic mass is 35.5. The van der Waals surface area contributed by atoms with Gasteiger partial charge in [0, 0.05) is 10.3 Å². The van der Waals surface area contributed by atoms with Crippen LogP contribution in [-0.2, 0) is 11.8 Å². The molecule has 0 aliphatic carbocycles.